The summed E-state index contributed by atoms with van der Waals surface area (Å²) in [5, 5.41) is 13.1. The molecule has 0 saturated heterocycles. The van der Waals surface area contributed by atoms with Crippen LogP contribution in [0.25, 0.3) is 0 Å². The number of pyridine rings is 1. The van der Waals surface area contributed by atoms with Crippen molar-refractivity contribution in [3.63, 3.8) is 0 Å². The van der Waals surface area contributed by atoms with E-state index < -0.39 is 22.3 Å². The van der Waals surface area contributed by atoms with Gasteiger partial charge in [0.25, 0.3) is 11.6 Å². The summed E-state index contributed by atoms with van der Waals surface area (Å²) in [5.41, 5.74) is 4.53. The predicted molar refractivity (Wildman–Crippen MR) is 69.7 cm³/mol. The molecule has 0 aliphatic rings. The molecule has 20 heavy (non-hydrogen) atoms. The van der Waals surface area contributed by atoms with Crippen LogP contribution in [0.1, 0.15) is 10.4 Å². The number of amides is 1. The highest BCUT2D eigenvalue weighted by molar-refractivity contribution is 6.07. The highest BCUT2D eigenvalue weighted by atomic mass is 19.1. The van der Waals surface area contributed by atoms with Crippen LogP contribution in [-0.4, -0.2) is 15.8 Å². The normalized spacial score (nSPS) is 10.1. The van der Waals surface area contributed by atoms with E-state index in [4.69, 9.17) is 5.73 Å². The first-order valence-electron chi connectivity index (χ1n) is 5.45. The van der Waals surface area contributed by atoms with Gasteiger partial charge in [0.1, 0.15) is 23.4 Å². The fourth-order valence-electron chi connectivity index (χ4n) is 1.54. The Bertz CT molecular complexity index is 690. The number of benzene rings is 1. The molecule has 1 amide bonds. The van der Waals surface area contributed by atoms with Gasteiger partial charge in [-0.15, -0.1) is 0 Å². The van der Waals surface area contributed by atoms with Gasteiger partial charge in [-0.05, 0) is 18.2 Å². The standard InChI is InChI=1S/C12H9FN4O3/c13-8-3-1-2-4-9(8)16-12(18)7-5-11(14)15-6-10(7)17(19)20/h1-6H,(H2,14,15)(H,16,18). The van der Waals surface area contributed by atoms with Crippen molar-refractivity contribution >= 4 is 23.1 Å². The molecule has 0 aliphatic heterocycles. The maximum atomic E-state index is 13.4. The first-order valence-corrected chi connectivity index (χ1v) is 5.45. The number of nitrogen functional groups attached to an aromatic ring is 1. The summed E-state index contributed by atoms with van der Waals surface area (Å²) in [6.45, 7) is 0. The first-order chi connectivity index (χ1) is 9.49. The summed E-state index contributed by atoms with van der Waals surface area (Å²) in [4.78, 5) is 25.6. The van der Waals surface area contributed by atoms with Crippen LogP contribution in [0.4, 0.5) is 21.6 Å². The second kappa shape index (κ2) is 5.31. The Labute approximate surface area is 112 Å². The van der Waals surface area contributed by atoms with Gasteiger partial charge >= 0.3 is 0 Å². The van der Waals surface area contributed by atoms with Gasteiger partial charge in [0.15, 0.2) is 0 Å². The minimum atomic E-state index is -0.837. The molecule has 1 heterocycles. The molecule has 102 valence electrons. The Kier molecular flexibility index (Phi) is 3.56. The Hall–Kier alpha value is -3.03. The minimum absolute atomic E-state index is 0.0470. The molecule has 0 spiro atoms. The van der Waals surface area contributed by atoms with Gasteiger partial charge in [-0.2, -0.15) is 0 Å². The van der Waals surface area contributed by atoms with Crippen LogP contribution < -0.4 is 11.1 Å². The van der Waals surface area contributed by atoms with Crippen LogP contribution >= 0.6 is 0 Å². The smallest absolute Gasteiger partial charge is 0.300 e. The number of hydrogen-bond acceptors (Lipinski definition) is 5. The molecule has 2 rings (SSSR count). The Balaban J connectivity index is 2.37. The summed E-state index contributed by atoms with van der Waals surface area (Å²) in [7, 11) is 0. The predicted octanol–water partition coefficient (Wildman–Crippen LogP) is 1.96. The number of nitrogens with zero attached hydrogens (tertiary/aromatic N) is 2. The van der Waals surface area contributed by atoms with Gasteiger partial charge in [-0.1, -0.05) is 12.1 Å². The molecule has 0 atom stereocenters. The number of hydrogen-bond donors (Lipinski definition) is 2. The van der Waals surface area contributed by atoms with Crippen LogP contribution in [-0.2, 0) is 0 Å². The van der Waals surface area contributed by atoms with E-state index in [0.29, 0.717) is 0 Å². The maximum absolute atomic E-state index is 13.4. The van der Waals surface area contributed by atoms with Gasteiger partial charge in [0.05, 0.1) is 10.6 Å². The number of nitrogens with one attached hydrogen (secondary N) is 1. The zero-order valence-electron chi connectivity index (χ0n) is 10.0. The van der Waals surface area contributed by atoms with E-state index in [2.05, 4.69) is 10.3 Å². The number of rotatable bonds is 3. The van der Waals surface area contributed by atoms with Crippen LogP contribution in [0.2, 0.25) is 0 Å². The van der Waals surface area contributed by atoms with Crippen molar-refractivity contribution in [1.82, 2.24) is 4.98 Å². The number of halogens is 1. The summed E-state index contributed by atoms with van der Waals surface area (Å²) < 4.78 is 13.4. The second-order valence-electron chi connectivity index (χ2n) is 3.82. The molecule has 7 nitrogen and oxygen atoms in total. The van der Waals surface area contributed by atoms with E-state index >= 15 is 0 Å². The van der Waals surface area contributed by atoms with Crippen molar-refractivity contribution in [3.8, 4) is 0 Å². The molecule has 1 aromatic heterocycles. The molecule has 2 aromatic rings. The zero-order valence-corrected chi connectivity index (χ0v) is 10.0. The summed E-state index contributed by atoms with van der Waals surface area (Å²) in [5.74, 6) is -1.53. The average molecular weight is 276 g/mol. The number of carbonyl (C=O) groups excluding carboxylic acids is 1. The quantitative estimate of drug-likeness (QED) is 0.657. The molecule has 0 unspecified atom stereocenters. The summed E-state index contributed by atoms with van der Waals surface area (Å²) in [6, 6.07) is 6.54. The third kappa shape index (κ3) is 2.69. The molecule has 0 radical (unpaired) electrons. The number of carbonyl (C=O) groups is 1. The van der Waals surface area contributed by atoms with Gasteiger partial charge in [-0.25, -0.2) is 9.37 Å². The van der Waals surface area contributed by atoms with E-state index in [9.17, 15) is 19.3 Å². The highest BCUT2D eigenvalue weighted by Gasteiger charge is 2.21. The van der Waals surface area contributed by atoms with E-state index in [1.807, 2.05) is 0 Å². The lowest BCUT2D eigenvalue weighted by Crippen LogP contribution is -2.15. The fraction of sp³-hybridized carbons (Fsp3) is 0. The SMILES string of the molecule is Nc1cc(C(=O)Nc2ccccc2F)c([N+](=O)[O-])cn1. The lowest BCUT2D eigenvalue weighted by molar-refractivity contribution is -0.385. The van der Waals surface area contributed by atoms with Crippen molar-refractivity contribution < 1.29 is 14.1 Å². The third-order valence-corrected chi connectivity index (χ3v) is 2.47. The van der Waals surface area contributed by atoms with E-state index in [-0.39, 0.29) is 17.1 Å². The van der Waals surface area contributed by atoms with Crippen molar-refractivity contribution in [3.05, 3.63) is 58.0 Å². The summed E-state index contributed by atoms with van der Waals surface area (Å²) in [6.07, 6.45) is 0.881. The topological polar surface area (TPSA) is 111 Å². The van der Waals surface area contributed by atoms with Crippen molar-refractivity contribution in [2.24, 2.45) is 0 Å². The number of anilines is 2. The number of para-hydroxylation sites is 1. The molecular weight excluding hydrogens is 267 g/mol. The minimum Gasteiger partial charge on any atom is -0.384 e. The maximum Gasteiger partial charge on any atom is 0.300 e. The first kappa shape index (κ1) is 13.4. The lowest BCUT2D eigenvalue weighted by atomic mass is 10.2. The molecule has 3 N–H and O–H groups in total. The van der Waals surface area contributed by atoms with Crippen LogP contribution in [0.5, 0.6) is 0 Å². The third-order valence-electron chi connectivity index (χ3n) is 2.47. The van der Waals surface area contributed by atoms with E-state index in [1.54, 1.807) is 0 Å². The molecule has 0 fully saturated rings. The molecular formula is C12H9FN4O3. The second-order valence-corrected chi connectivity index (χ2v) is 3.82. The largest absolute Gasteiger partial charge is 0.384 e. The number of aromatic nitrogens is 1. The Morgan fingerprint density at radius 1 is 1.40 bits per heavy atom. The van der Waals surface area contributed by atoms with Crippen LogP contribution in [0.3, 0.4) is 0 Å². The molecule has 8 heteroatoms. The highest BCUT2D eigenvalue weighted by Crippen LogP contribution is 2.21. The Morgan fingerprint density at radius 2 is 2.10 bits per heavy atom. The average Bonchev–Trinajstić information content (AvgIpc) is 2.40. The summed E-state index contributed by atoms with van der Waals surface area (Å²) >= 11 is 0. The van der Waals surface area contributed by atoms with E-state index in [0.717, 1.165) is 18.3 Å². The number of nitrogens with two attached hydrogens (primary N) is 1. The molecule has 0 aliphatic carbocycles. The monoisotopic (exact) mass is 276 g/mol. The zero-order chi connectivity index (χ0) is 14.7. The molecule has 1 aromatic carbocycles. The van der Waals surface area contributed by atoms with Gasteiger partial charge < -0.3 is 11.1 Å². The van der Waals surface area contributed by atoms with Crippen molar-refractivity contribution in [2.45, 2.75) is 0 Å². The van der Waals surface area contributed by atoms with Crippen LogP contribution in [0, 0.1) is 15.9 Å². The number of nitro groups is 1. The Morgan fingerprint density at radius 3 is 2.75 bits per heavy atom. The van der Waals surface area contributed by atoms with Gasteiger partial charge in [0, 0.05) is 0 Å². The van der Waals surface area contributed by atoms with Gasteiger partial charge in [-0.3, -0.25) is 14.9 Å². The van der Waals surface area contributed by atoms with Crippen molar-refractivity contribution in [1.29, 1.82) is 0 Å². The fourth-order valence-corrected chi connectivity index (χ4v) is 1.54. The van der Waals surface area contributed by atoms with Crippen molar-refractivity contribution in [2.75, 3.05) is 11.1 Å². The lowest BCUT2D eigenvalue weighted by Gasteiger charge is -2.07. The van der Waals surface area contributed by atoms with Gasteiger partial charge in [0.2, 0.25) is 0 Å². The molecule has 0 saturated carbocycles. The molecule has 0 bridgehead atoms. The van der Waals surface area contributed by atoms with Crippen LogP contribution in [0.15, 0.2) is 36.5 Å². The van der Waals surface area contributed by atoms with E-state index in [1.165, 1.54) is 18.2 Å².